The Morgan fingerprint density at radius 1 is 1.00 bits per heavy atom. The van der Waals surface area contributed by atoms with E-state index in [9.17, 15) is 4.79 Å². The summed E-state index contributed by atoms with van der Waals surface area (Å²) in [5.41, 5.74) is 3.10. The minimum absolute atomic E-state index is 0.115. The second-order valence-electron chi connectivity index (χ2n) is 4.67. The molecule has 2 aromatic carbocycles. The fourth-order valence-electron chi connectivity index (χ4n) is 2.12. The van der Waals surface area contributed by atoms with Crippen molar-refractivity contribution < 1.29 is 9.53 Å². The van der Waals surface area contributed by atoms with Gasteiger partial charge in [-0.25, -0.2) is 9.78 Å². The Morgan fingerprint density at radius 3 is 2.32 bits per heavy atom. The first-order valence-corrected chi connectivity index (χ1v) is 7.03. The summed E-state index contributed by atoms with van der Waals surface area (Å²) in [7, 11) is 0. The first kappa shape index (κ1) is 14.0. The first-order chi connectivity index (χ1) is 10.8. The van der Waals surface area contributed by atoms with E-state index in [4.69, 9.17) is 4.74 Å². The van der Waals surface area contributed by atoms with Crippen LogP contribution in [-0.4, -0.2) is 27.8 Å². The molecule has 22 heavy (non-hydrogen) atoms. The summed E-state index contributed by atoms with van der Waals surface area (Å²) in [5.74, 6) is 0.0915. The molecule has 5 heteroatoms. The van der Waals surface area contributed by atoms with Gasteiger partial charge in [0.25, 0.3) is 0 Å². The van der Waals surface area contributed by atoms with Crippen LogP contribution in [0.15, 0.2) is 54.6 Å². The maximum Gasteiger partial charge on any atom is 0.375 e. The Kier molecular flexibility index (Phi) is 3.96. The lowest BCUT2D eigenvalue weighted by molar-refractivity contribution is 0.0512. The summed E-state index contributed by atoms with van der Waals surface area (Å²) in [6, 6.07) is 18.0. The fourth-order valence-corrected chi connectivity index (χ4v) is 2.12. The minimum Gasteiger partial charge on any atom is -0.460 e. The number of H-pyrrole nitrogens is 1. The lowest BCUT2D eigenvalue weighted by Gasteiger charge is -2.02. The highest BCUT2D eigenvalue weighted by atomic mass is 16.5. The molecule has 1 N–H and O–H groups in total. The number of aromatic nitrogens is 3. The van der Waals surface area contributed by atoms with E-state index in [1.54, 1.807) is 6.92 Å². The first-order valence-electron chi connectivity index (χ1n) is 7.03. The molecule has 0 saturated heterocycles. The molecule has 5 nitrogen and oxygen atoms in total. The van der Waals surface area contributed by atoms with Crippen LogP contribution in [0.1, 0.15) is 17.5 Å². The van der Waals surface area contributed by atoms with E-state index in [1.807, 2.05) is 42.5 Å². The zero-order chi connectivity index (χ0) is 15.4. The SMILES string of the molecule is CCOC(=O)c1nc(-c2ccc(-c3ccccc3)cc2)n[nH]1. The topological polar surface area (TPSA) is 67.9 Å². The van der Waals surface area contributed by atoms with Crippen molar-refractivity contribution in [3.8, 4) is 22.5 Å². The lowest BCUT2D eigenvalue weighted by Crippen LogP contribution is -2.06. The summed E-state index contributed by atoms with van der Waals surface area (Å²) in [4.78, 5) is 15.7. The molecule has 0 aliphatic heterocycles. The zero-order valence-electron chi connectivity index (χ0n) is 12.1. The molecule has 0 spiro atoms. The van der Waals surface area contributed by atoms with Crippen molar-refractivity contribution in [2.45, 2.75) is 6.92 Å². The second kappa shape index (κ2) is 6.22. The third kappa shape index (κ3) is 2.88. The molecule has 1 aromatic heterocycles. The Bertz CT molecular complexity index is 764. The average Bonchev–Trinajstić information content (AvgIpc) is 3.06. The van der Waals surface area contributed by atoms with Gasteiger partial charge >= 0.3 is 5.97 Å². The normalized spacial score (nSPS) is 10.4. The maximum atomic E-state index is 11.6. The third-order valence-corrected chi connectivity index (χ3v) is 3.20. The van der Waals surface area contributed by atoms with Crippen LogP contribution in [0.4, 0.5) is 0 Å². The van der Waals surface area contributed by atoms with Gasteiger partial charge < -0.3 is 4.74 Å². The molecular formula is C17H15N3O2. The number of hydrogen-bond donors (Lipinski definition) is 1. The molecule has 3 rings (SSSR count). The molecule has 1 heterocycles. The van der Waals surface area contributed by atoms with E-state index < -0.39 is 5.97 Å². The van der Waals surface area contributed by atoms with Crippen molar-refractivity contribution in [2.75, 3.05) is 6.61 Å². The molecule has 3 aromatic rings. The van der Waals surface area contributed by atoms with Crippen LogP contribution in [0, 0.1) is 0 Å². The highest BCUT2D eigenvalue weighted by Gasteiger charge is 2.13. The van der Waals surface area contributed by atoms with Gasteiger partial charge in [0.05, 0.1) is 6.61 Å². The largest absolute Gasteiger partial charge is 0.460 e. The van der Waals surface area contributed by atoms with Gasteiger partial charge in [-0.2, -0.15) is 5.10 Å². The molecule has 0 radical (unpaired) electrons. The Labute approximate surface area is 128 Å². The van der Waals surface area contributed by atoms with Crippen molar-refractivity contribution in [1.82, 2.24) is 15.2 Å². The van der Waals surface area contributed by atoms with Crippen molar-refractivity contribution in [2.24, 2.45) is 0 Å². The number of nitrogens with one attached hydrogen (secondary N) is 1. The predicted molar refractivity (Wildman–Crippen MR) is 83.2 cm³/mol. The Hall–Kier alpha value is -2.95. The molecule has 0 bridgehead atoms. The van der Waals surface area contributed by atoms with E-state index in [-0.39, 0.29) is 5.82 Å². The summed E-state index contributed by atoms with van der Waals surface area (Å²) in [6.45, 7) is 2.05. The summed E-state index contributed by atoms with van der Waals surface area (Å²) in [6.07, 6.45) is 0. The average molecular weight is 293 g/mol. The third-order valence-electron chi connectivity index (χ3n) is 3.20. The van der Waals surface area contributed by atoms with Crippen molar-refractivity contribution >= 4 is 5.97 Å². The monoisotopic (exact) mass is 293 g/mol. The van der Waals surface area contributed by atoms with Crippen LogP contribution in [0.3, 0.4) is 0 Å². The maximum absolute atomic E-state index is 11.6. The summed E-state index contributed by atoms with van der Waals surface area (Å²) < 4.78 is 4.88. The summed E-state index contributed by atoms with van der Waals surface area (Å²) in [5, 5.41) is 6.65. The van der Waals surface area contributed by atoms with E-state index in [0.717, 1.165) is 16.7 Å². The quantitative estimate of drug-likeness (QED) is 0.749. The van der Waals surface area contributed by atoms with Crippen LogP contribution >= 0.6 is 0 Å². The van der Waals surface area contributed by atoms with Gasteiger partial charge in [0, 0.05) is 5.56 Å². The molecule has 0 aliphatic carbocycles. The fraction of sp³-hybridized carbons (Fsp3) is 0.118. The van der Waals surface area contributed by atoms with E-state index in [2.05, 4.69) is 27.3 Å². The van der Waals surface area contributed by atoms with Crippen LogP contribution in [-0.2, 0) is 4.74 Å². The zero-order valence-corrected chi connectivity index (χ0v) is 12.1. The Morgan fingerprint density at radius 2 is 1.64 bits per heavy atom. The van der Waals surface area contributed by atoms with E-state index in [1.165, 1.54) is 0 Å². The molecule has 0 atom stereocenters. The molecular weight excluding hydrogens is 278 g/mol. The molecule has 0 unspecified atom stereocenters. The van der Waals surface area contributed by atoms with Crippen molar-refractivity contribution in [3.05, 3.63) is 60.4 Å². The number of carbonyl (C=O) groups is 1. The van der Waals surface area contributed by atoms with Crippen LogP contribution in [0.25, 0.3) is 22.5 Å². The van der Waals surface area contributed by atoms with Gasteiger partial charge in [0.2, 0.25) is 5.82 Å². The van der Waals surface area contributed by atoms with Crippen LogP contribution in [0.2, 0.25) is 0 Å². The van der Waals surface area contributed by atoms with Gasteiger partial charge in [-0.3, -0.25) is 5.10 Å². The molecule has 0 amide bonds. The molecule has 0 fully saturated rings. The number of rotatable bonds is 4. The lowest BCUT2D eigenvalue weighted by atomic mass is 10.0. The summed E-state index contributed by atoms with van der Waals surface area (Å²) >= 11 is 0. The number of ether oxygens (including phenoxy) is 1. The van der Waals surface area contributed by atoms with E-state index in [0.29, 0.717) is 12.4 Å². The highest BCUT2D eigenvalue weighted by molar-refractivity contribution is 5.85. The number of nitrogens with zero attached hydrogens (tertiary/aromatic N) is 2. The van der Waals surface area contributed by atoms with Gasteiger partial charge in [-0.15, -0.1) is 0 Å². The van der Waals surface area contributed by atoms with Gasteiger partial charge in [0.1, 0.15) is 0 Å². The van der Waals surface area contributed by atoms with Crippen molar-refractivity contribution in [3.63, 3.8) is 0 Å². The number of hydrogen-bond acceptors (Lipinski definition) is 4. The van der Waals surface area contributed by atoms with Gasteiger partial charge in [-0.05, 0) is 18.1 Å². The number of aromatic amines is 1. The predicted octanol–water partition coefficient (Wildman–Crippen LogP) is 3.32. The van der Waals surface area contributed by atoms with Crippen LogP contribution < -0.4 is 0 Å². The smallest absolute Gasteiger partial charge is 0.375 e. The van der Waals surface area contributed by atoms with Crippen molar-refractivity contribution in [1.29, 1.82) is 0 Å². The Balaban J connectivity index is 1.83. The van der Waals surface area contributed by atoms with Gasteiger partial charge in [0.15, 0.2) is 5.82 Å². The van der Waals surface area contributed by atoms with Crippen LogP contribution in [0.5, 0.6) is 0 Å². The minimum atomic E-state index is -0.498. The van der Waals surface area contributed by atoms with E-state index >= 15 is 0 Å². The second-order valence-corrected chi connectivity index (χ2v) is 4.67. The van der Waals surface area contributed by atoms with Gasteiger partial charge in [-0.1, -0.05) is 54.6 Å². The standard InChI is InChI=1S/C17H15N3O2/c1-2-22-17(21)16-18-15(19-20-16)14-10-8-13(9-11-14)12-6-4-3-5-7-12/h3-11H,2H2,1H3,(H,18,19,20). The highest BCUT2D eigenvalue weighted by Crippen LogP contribution is 2.22. The molecule has 110 valence electrons. The molecule has 0 aliphatic rings. The molecule has 0 saturated carbocycles. The number of benzene rings is 2. The number of carbonyl (C=O) groups excluding carboxylic acids is 1. The number of esters is 1.